The predicted molar refractivity (Wildman–Crippen MR) is 134 cm³/mol. The summed E-state index contributed by atoms with van der Waals surface area (Å²) in [5, 5.41) is 25.6. The number of carboxylic acid groups (broad SMARTS) is 1. The van der Waals surface area contributed by atoms with Crippen LogP contribution in [0, 0.1) is 0 Å². The van der Waals surface area contributed by atoms with Gasteiger partial charge in [-0.1, -0.05) is 18.2 Å². The normalized spacial score (nSPS) is 13.1. The maximum atomic E-state index is 11.6. The van der Waals surface area contributed by atoms with Crippen LogP contribution in [0.3, 0.4) is 0 Å². The third-order valence-electron chi connectivity index (χ3n) is 6.22. The summed E-state index contributed by atoms with van der Waals surface area (Å²) < 4.78 is 5.96. The fourth-order valence-electron chi connectivity index (χ4n) is 4.52. The van der Waals surface area contributed by atoms with Gasteiger partial charge in [-0.25, -0.2) is 4.98 Å². The molecule has 178 valence electrons. The van der Waals surface area contributed by atoms with Crippen molar-refractivity contribution in [2.45, 2.75) is 56.4 Å². The van der Waals surface area contributed by atoms with Gasteiger partial charge in [0.05, 0.1) is 18.6 Å². The molecule has 0 bridgehead atoms. The lowest BCUT2D eigenvalue weighted by Crippen LogP contribution is -2.16. The van der Waals surface area contributed by atoms with Crippen LogP contribution < -0.4 is 9.88 Å². The molecule has 0 aliphatic heterocycles. The van der Waals surface area contributed by atoms with Crippen LogP contribution in [0.15, 0.2) is 53.6 Å². The average molecular weight is 479 g/mol. The van der Waals surface area contributed by atoms with E-state index >= 15 is 0 Å². The van der Waals surface area contributed by atoms with Crippen molar-refractivity contribution in [1.29, 1.82) is 0 Å². The molecule has 7 heteroatoms. The van der Waals surface area contributed by atoms with Gasteiger partial charge in [0.25, 0.3) is 0 Å². The van der Waals surface area contributed by atoms with Gasteiger partial charge in [0.15, 0.2) is 0 Å². The molecule has 1 aliphatic rings. The Morgan fingerprint density at radius 3 is 2.74 bits per heavy atom. The molecule has 0 unspecified atom stereocenters. The standard InChI is InChI=1S/C27H30N2O4S/c1-27(2,32)20-12-17(13-21(15-20)34-28)9-11-33-25-14-19(8-10-29-25)23-7-6-18-4-3-5-22(18)24(23)16-26(30)31/h6-8,10,12-15,32H,3-5,9,11,16,28H2,1-2H3,(H,30,31). The first-order valence-corrected chi connectivity index (χ1v) is 12.3. The molecule has 1 aliphatic carbocycles. The Hall–Kier alpha value is -2.87. The van der Waals surface area contributed by atoms with Gasteiger partial charge in [-0.05, 0) is 102 Å². The number of carbonyl (C=O) groups is 1. The SMILES string of the molecule is CC(C)(O)c1cc(CCOc2cc(-c3ccc4c(c3CC(=O)O)CCC4)ccn2)cc(SN)c1. The summed E-state index contributed by atoms with van der Waals surface area (Å²) >= 11 is 1.15. The van der Waals surface area contributed by atoms with Crippen molar-refractivity contribution in [1.82, 2.24) is 4.98 Å². The van der Waals surface area contributed by atoms with Crippen LogP contribution >= 0.6 is 11.9 Å². The van der Waals surface area contributed by atoms with Crippen LogP contribution in [0.25, 0.3) is 11.1 Å². The van der Waals surface area contributed by atoms with Crippen LogP contribution in [0.5, 0.6) is 5.88 Å². The average Bonchev–Trinajstić information content (AvgIpc) is 3.28. The maximum Gasteiger partial charge on any atom is 0.307 e. The van der Waals surface area contributed by atoms with Crippen LogP contribution in [-0.4, -0.2) is 27.8 Å². The number of rotatable bonds is 9. The summed E-state index contributed by atoms with van der Waals surface area (Å²) in [6.45, 7) is 3.91. The molecule has 1 heterocycles. The lowest BCUT2D eigenvalue weighted by Gasteiger charge is -2.20. The minimum absolute atomic E-state index is 0.00997. The first-order chi connectivity index (χ1) is 16.2. The molecule has 4 rings (SSSR count). The van der Waals surface area contributed by atoms with E-state index in [2.05, 4.69) is 11.1 Å². The number of hydrogen-bond acceptors (Lipinski definition) is 6. The van der Waals surface area contributed by atoms with Crippen LogP contribution in [0.2, 0.25) is 0 Å². The number of carboxylic acids is 1. The second-order valence-corrected chi connectivity index (χ2v) is 9.88. The van der Waals surface area contributed by atoms with Gasteiger partial charge in [0.2, 0.25) is 5.88 Å². The molecular formula is C27H30N2O4S. The molecule has 0 atom stereocenters. The fourth-order valence-corrected chi connectivity index (χ4v) is 4.94. The van der Waals surface area contributed by atoms with Gasteiger partial charge >= 0.3 is 5.97 Å². The first-order valence-electron chi connectivity index (χ1n) is 11.4. The Bertz CT molecular complexity index is 1200. The Morgan fingerprint density at radius 2 is 2.00 bits per heavy atom. The molecule has 0 spiro atoms. The molecule has 0 saturated carbocycles. The topological polar surface area (TPSA) is 106 Å². The van der Waals surface area contributed by atoms with Gasteiger partial charge < -0.3 is 14.9 Å². The third kappa shape index (κ3) is 5.60. The van der Waals surface area contributed by atoms with Crippen molar-refractivity contribution in [2.75, 3.05) is 6.61 Å². The van der Waals surface area contributed by atoms with Gasteiger partial charge in [0.1, 0.15) is 0 Å². The maximum absolute atomic E-state index is 11.6. The number of aromatic nitrogens is 1. The highest BCUT2D eigenvalue weighted by atomic mass is 32.2. The second-order valence-electron chi connectivity index (χ2n) is 9.18. The molecule has 6 nitrogen and oxygen atoms in total. The number of hydrogen-bond donors (Lipinski definition) is 3. The molecule has 1 aromatic heterocycles. The van der Waals surface area contributed by atoms with Crippen LogP contribution in [-0.2, 0) is 36.1 Å². The lowest BCUT2D eigenvalue weighted by molar-refractivity contribution is -0.136. The highest BCUT2D eigenvalue weighted by Crippen LogP contribution is 2.34. The smallest absolute Gasteiger partial charge is 0.307 e. The summed E-state index contributed by atoms with van der Waals surface area (Å²) in [5.74, 6) is -0.332. The number of ether oxygens (including phenoxy) is 1. The van der Waals surface area contributed by atoms with Gasteiger partial charge in [-0.3, -0.25) is 9.93 Å². The van der Waals surface area contributed by atoms with Gasteiger partial charge in [-0.2, -0.15) is 0 Å². The lowest BCUT2D eigenvalue weighted by atomic mass is 9.91. The minimum atomic E-state index is -0.958. The summed E-state index contributed by atoms with van der Waals surface area (Å²) in [6, 6.07) is 13.8. The zero-order valence-electron chi connectivity index (χ0n) is 19.5. The van der Waals surface area contributed by atoms with Gasteiger partial charge in [-0.15, -0.1) is 0 Å². The van der Waals surface area contributed by atoms with Crippen LogP contribution in [0.4, 0.5) is 0 Å². The van der Waals surface area contributed by atoms with E-state index in [1.807, 2.05) is 36.4 Å². The number of pyridine rings is 1. The van der Waals surface area contributed by atoms with E-state index < -0.39 is 11.6 Å². The highest BCUT2D eigenvalue weighted by molar-refractivity contribution is 7.97. The predicted octanol–water partition coefficient (Wildman–Crippen LogP) is 4.68. The van der Waals surface area contributed by atoms with Crippen molar-refractivity contribution < 1.29 is 19.7 Å². The van der Waals surface area contributed by atoms with E-state index in [4.69, 9.17) is 9.88 Å². The second kappa shape index (κ2) is 10.2. The van der Waals surface area contributed by atoms with E-state index in [-0.39, 0.29) is 6.42 Å². The Balaban J connectivity index is 1.52. The van der Waals surface area contributed by atoms with Gasteiger partial charge in [0, 0.05) is 23.6 Å². The zero-order chi connectivity index (χ0) is 24.3. The number of aryl methyl sites for hydroxylation is 1. The number of aliphatic carboxylic acids is 1. The number of aliphatic hydroxyl groups is 1. The van der Waals surface area contributed by atoms with E-state index in [0.717, 1.165) is 63.9 Å². The van der Waals surface area contributed by atoms with Crippen LogP contribution in [0.1, 0.15) is 48.1 Å². The molecule has 3 aromatic rings. The summed E-state index contributed by atoms with van der Waals surface area (Å²) in [7, 11) is 0. The van der Waals surface area contributed by atoms with Crippen molar-refractivity contribution in [3.05, 3.63) is 76.5 Å². The molecule has 34 heavy (non-hydrogen) atoms. The molecule has 0 fully saturated rings. The van der Waals surface area contributed by atoms with Crippen molar-refractivity contribution >= 4 is 17.9 Å². The summed E-state index contributed by atoms with van der Waals surface area (Å²) in [6.07, 6.45) is 5.33. The van der Waals surface area contributed by atoms with Crippen molar-refractivity contribution in [3.63, 3.8) is 0 Å². The molecular weight excluding hydrogens is 448 g/mol. The minimum Gasteiger partial charge on any atom is -0.481 e. The number of nitrogens with zero attached hydrogens (tertiary/aromatic N) is 1. The summed E-state index contributed by atoms with van der Waals surface area (Å²) in [4.78, 5) is 16.8. The van der Waals surface area contributed by atoms with E-state index in [1.54, 1.807) is 20.0 Å². The fraction of sp³-hybridized carbons (Fsp3) is 0.333. The summed E-state index contributed by atoms with van der Waals surface area (Å²) in [5.41, 5.74) is 6.04. The molecule has 4 N–H and O–H groups in total. The van der Waals surface area contributed by atoms with E-state index in [9.17, 15) is 15.0 Å². The zero-order valence-corrected chi connectivity index (χ0v) is 20.3. The van der Waals surface area contributed by atoms with Crippen molar-refractivity contribution in [3.8, 4) is 17.0 Å². The molecule has 0 saturated heterocycles. The molecule has 0 radical (unpaired) electrons. The first kappa shape index (κ1) is 24.3. The highest BCUT2D eigenvalue weighted by Gasteiger charge is 2.21. The molecule has 0 amide bonds. The Labute approximate surface area is 204 Å². The Kier molecular flexibility index (Phi) is 7.26. The number of benzene rings is 2. The number of fused-ring (bicyclic) bond motifs is 1. The third-order valence-corrected chi connectivity index (χ3v) is 6.73. The monoisotopic (exact) mass is 478 g/mol. The Morgan fingerprint density at radius 1 is 1.18 bits per heavy atom. The van der Waals surface area contributed by atoms with Crippen molar-refractivity contribution in [2.24, 2.45) is 5.14 Å². The van der Waals surface area contributed by atoms with E-state index in [1.165, 1.54) is 11.1 Å². The largest absolute Gasteiger partial charge is 0.481 e. The van der Waals surface area contributed by atoms with E-state index in [0.29, 0.717) is 18.9 Å². The number of nitrogens with two attached hydrogens (primary N) is 1. The molecule has 2 aromatic carbocycles. The quantitative estimate of drug-likeness (QED) is 0.384.